The van der Waals surface area contributed by atoms with E-state index in [1.54, 1.807) is 0 Å². The number of ether oxygens (including phenoxy) is 1. The Morgan fingerprint density at radius 1 is 1.09 bits per heavy atom. The first-order chi connectivity index (χ1) is 10.6. The number of aromatic nitrogens is 1. The third kappa shape index (κ3) is 3.85. The van der Waals surface area contributed by atoms with Crippen LogP contribution >= 0.6 is 0 Å². The molecular formula is C18H21NO3. The maximum absolute atomic E-state index is 12.4. The van der Waals surface area contributed by atoms with Gasteiger partial charge in [0.1, 0.15) is 0 Å². The van der Waals surface area contributed by atoms with Crippen molar-refractivity contribution >= 4 is 11.8 Å². The van der Waals surface area contributed by atoms with Crippen LogP contribution in [0.2, 0.25) is 0 Å². The van der Waals surface area contributed by atoms with Crippen molar-refractivity contribution in [1.82, 2.24) is 4.57 Å². The van der Waals surface area contributed by atoms with Crippen molar-refractivity contribution in [2.75, 3.05) is 7.11 Å². The van der Waals surface area contributed by atoms with Crippen LogP contribution in [-0.2, 0) is 9.53 Å². The normalized spacial score (nSPS) is 11.9. The molecule has 0 aliphatic carbocycles. The van der Waals surface area contributed by atoms with Gasteiger partial charge < -0.3 is 9.30 Å². The highest BCUT2D eigenvalue weighted by Crippen LogP contribution is 2.21. The minimum atomic E-state index is -0.277. The summed E-state index contributed by atoms with van der Waals surface area (Å²) in [6.07, 6.45) is 3.05. The van der Waals surface area contributed by atoms with E-state index >= 15 is 0 Å². The van der Waals surface area contributed by atoms with Crippen LogP contribution in [0.25, 0.3) is 0 Å². The van der Waals surface area contributed by atoms with E-state index in [0.29, 0.717) is 18.5 Å². The topological polar surface area (TPSA) is 48.3 Å². The molecule has 0 fully saturated rings. The predicted octanol–water partition coefficient (Wildman–Crippen LogP) is 3.62. The average molecular weight is 299 g/mol. The van der Waals surface area contributed by atoms with E-state index in [1.165, 1.54) is 7.11 Å². The summed E-state index contributed by atoms with van der Waals surface area (Å²) < 4.78 is 6.57. The standard InChI is InChI=1S/C18H21NO3/c1-14(15-8-4-3-5-9-15)19-13-7-10-16(19)17(20)11-6-12-18(21)22-2/h3-5,7-10,13-14H,6,11-12H2,1-2H3. The summed E-state index contributed by atoms with van der Waals surface area (Å²) in [5, 5.41) is 0. The molecule has 0 aliphatic heterocycles. The largest absolute Gasteiger partial charge is 0.469 e. The van der Waals surface area contributed by atoms with Crippen molar-refractivity contribution in [3.8, 4) is 0 Å². The van der Waals surface area contributed by atoms with Gasteiger partial charge in [0, 0.05) is 19.0 Å². The quantitative estimate of drug-likeness (QED) is 0.579. The molecule has 1 heterocycles. The molecule has 0 aliphatic rings. The molecule has 2 aromatic rings. The summed E-state index contributed by atoms with van der Waals surface area (Å²) in [6, 6.07) is 13.9. The number of Topliss-reactive ketones (excluding diaryl/α,β-unsaturated/α-hetero) is 1. The van der Waals surface area contributed by atoms with Gasteiger partial charge in [0.25, 0.3) is 0 Å². The van der Waals surface area contributed by atoms with Crippen LogP contribution in [0, 0.1) is 0 Å². The Hall–Kier alpha value is -2.36. The van der Waals surface area contributed by atoms with E-state index in [4.69, 9.17) is 0 Å². The molecule has 0 saturated carbocycles. The van der Waals surface area contributed by atoms with Gasteiger partial charge in [-0.1, -0.05) is 30.3 Å². The van der Waals surface area contributed by atoms with Crippen LogP contribution in [0.5, 0.6) is 0 Å². The highest BCUT2D eigenvalue weighted by Gasteiger charge is 2.16. The van der Waals surface area contributed by atoms with Gasteiger partial charge in [-0.05, 0) is 31.0 Å². The fraction of sp³-hybridized carbons (Fsp3) is 0.333. The number of ketones is 1. The smallest absolute Gasteiger partial charge is 0.305 e. The molecule has 2 rings (SSSR count). The van der Waals surface area contributed by atoms with Gasteiger partial charge in [0.05, 0.1) is 18.8 Å². The van der Waals surface area contributed by atoms with Gasteiger partial charge >= 0.3 is 5.97 Å². The van der Waals surface area contributed by atoms with Crippen molar-refractivity contribution in [3.63, 3.8) is 0 Å². The highest BCUT2D eigenvalue weighted by molar-refractivity contribution is 5.94. The minimum absolute atomic E-state index is 0.0525. The van der Waals surface area contributed by atoms with Crippen molar-refractivity contribution < 1.29 is 14.3 Å². The maximum atomic E-state index is 12.4. The van der Waals surface area contributed by atoms with Crippen molar-refractivity contribution in [1.29, 1.82) is 0 Å². The lowest BCUT2D eigenvalue weighted by Crippen LogP contribution is -2.13. The van der Waals surface area contributed by atoms with Crippen LogP contribution in [0.1, 0.15) is 48.3 Å². The molecule has 22 heavy (non-hydrogen) atoms. The van der Waals surface area contributed by atoms with Gasteiger partial charge in [0.15, 0.2) is 5.78 Å². The highest BCUT2D eigenvalue weighted by atomic mass is 16.5. The lowest BCUT2D eigenvalue weighted by atomic mass is 10.1. The van der Waals surface area contributed by atoms with E-state index in [-0.39, 0.29) is 24.2 Å². The summed E-state index contributed by atoms with van der Waals surface area (Å²) in [7, 11) is 1.36. The van der Waals surface area contributed by atoms with Crippen LogP contribution in [0.4, 0.5) is 0 Å². The molecule has 0 spiro atoms. The number of methoxy groups -OCH3 is 1. The summed E-state index contributed by atoms with van der Waals surface area (Å²) in [5.74, 6) is -0.225. The van der Waals surface area contributed by atoms with E-state index in [0.717, 1.165) is 5.56 Å². The van der Waals surface area contributed by atoms with Gasteiger partial charge in [-0.3, -0.25) is 9.59 Å². The molecule has 1 aromatic carbocycles. The monoisotopic (exact) mass is 299 g/mol. The second-order valence-electron chi connectivity index (χ2n) is 5.24. The lowest BCUT2D eigenvalue weighted by Gasteiger charge is -2.17. The van der Waals surface area contributed by atoms with E-state index in [2.05, 4.69) is 23.8 Å². The van der Waals surface area contributed by atoms with Crippen LogP contribution in [0.3, 0.4) is 0 Å². The molecular weight excluding hydrogens is 278 g/mol. The second-order valence-corrected chi connectivity index (χ2v) is 5.24. The summed E-state index contributed by atoms with van der Waals surface area (Å²) in [4.78, 5) is 23.5. The molecule has 0 bridgehead atoms. The fourth-order valence-corrected chi connectivity index (χ4v) is 2.48. The van der Waals surface area contributed by atoms with Gasteiger partial charge in [-0.25, -0.2) is 0 Å². The lowest BCUT2D eigenvalue weighted by molar-refractivity contribution is -0.140. The number of carbonyl (C=O) groups excluding carboxylic acids is 2. The van der Waals surface area contributed by atoms with Crippen molar-refractivity contribution in [2.45, 2.75) is 32.2 Å². The average Bonchev–Trinajstić information content (AvgIpc) is 3.04. The Morgan fingerprint density at radius 2 is 1.82 bits per heavy atom. The first-order valence-electron chi connectivity index (χ1n) is 7.45. The van der Waals surface area contributed by atoms with Gasteiger partial charge in [-0.2, -0.15) is 0 Å². The van der Waals surface area contributed by atoms with Crippen LogP contribution in [-0.4, -0.2) is 23.4 Å². The van der Waals surface area contributed by atoms with Crippen LogP contribution in [0.15, 0.2) is 48.7 Å². The Balaban J connectivity index is 2.06. The zero-order chi connectivity index (χ0) is 15.9. The molecule has 0 saturated heterocycles. The number of esters is 1. The molecule has 0 radical (unpaired) electrons. The molecule has 4 nitrogen and oxygen atoms in total. The third-order valence-corrected chi connectivity index (χ3v) is 3.78. The zero-order valence-electron chi connectivity index (χ0n) is 13.0. The number of rotatable bonds is 7. The number of nitrogens with zero attached hydrogens (tertiary/aromatic N) is 1. The van der Waals surface area contributed by atoms with Gasteiger partial charge in [-0.15, -0.1) is 0 Å². The number of benzene rings is 1. The Labute approximate surface area is 130 Å². The fourth-order valence-electron chi connectivity index (χ4n) is 2.48. The Bertz CT molecular complexity index is 631. The molecule has 116 valence electrons. The Morgan fingerprint density at radius 3 is 2.50 bits per heavy atom. The number of carbonyl (C=O) groups is 2. The minimum Gasteiger partial charge on any atom is -0.469 e. The molecule has 4 heteroatoms. The molecule has 1 atom stereocenters. The summed E-state index contributed by atoms with van der Waals surface area (Å²) >= 11 is 0. The van der Waals surface area contributed by atoms with Crippen molar-refractivity contribution in [2.24, 2.45) is 0 Å². The summed E-state index contributed by atoms with van der Waals surface area (Å²) in [5.41, 5.74) is 1.84. The first-order valence-corrected chi connectivity index (χ1v) is 7.45. The van der Waals surface area contributed by atoms with E-state index in [1.807, 2.05) is 41.1 Å². The molecule has 0 amide bonds. The van der Waals surface area contributed by atoms with Crippen LogP contribution < -0.4 is 0 Å². The number of hydrogen-bond acceptors (Lipinski definition) is 3. The molecule has 1 unspecified atom stereocenters. The van der Waals surface area contributed by atoms with Crippen molar-refractivity contribution in [3.05, 3.63) is 59.9 Å². The number of hydrogen-bond donors (Lipinski definition) is 0. The predicted molar refractivity (Wildman–Crippen MR) is 84.9 cm³/mol. The first kappa shape index (κ1) is 16.0. The summed E-state index contributed by atoms with van der Waals surface area (Å²) in [6.45, 7) is 2.07. The SMILES string of the molecule is COC(=O)CCCC(=O)c1cccn1C(C)c1ccccc1. The molecule has 0 N–H and O–H groups in total. The Kier molecular flexibility index (Phi) is 5.53. The van der Waals surface area contributed by atoms with E-state index < -0.39 is 0 Å². The second kappa shape index (κ2) is 7.59. The third-order valence-electron chi connectivity index (χ3n) is 3.78. The van der Waals surface area contributed by atoms with E-state index in [9.17, 15) is 9.59 Å². The van der Waals surface area contributed by atoms with Gasteiger partial charge in [0.2, 0.25) is 0 Å². The maximum Gasteiger partial charge on any atom is 0.305 e. The zero-order valence-corrected chi connectivity index (χ0v) is 13.0. The molecule has 1 aromatic heterocycles.